The fourth-order valence-corrected chi connectivity index (χ4v) is 0.556. The zero-order chi connectivity index (χ0) is 9.56. The van der Waals surface area contributed by atoms with Gasteiger partial charge in [-0.1, -0.05) is 0 Å². The van der Waals surface area contributed by atoms with Crippen LogP contribution in [-0.4, -0.2) is 38.1 Å². The minimum atomic E-state index is -0.378. The quantitative estimate of drug-likeness (QED) is 0.477. The van der Waals surface area contributed by atoms with Crippen LogP contribution >= 0.6 is 0 Å². The molecule has 12 heavy (non-hydrogen) atoms. The summed E-state index contributed by atoms with van der Waals surface area (Å²) in [5, 5.41) is 0. The zero-order valence-electron chi connectivity index (χ0n) is 7.83. The third-order valence-corrected chi connectivity index (χ3v) is 1.13. The van der Waals surface area contributed by atoms with Gasteiger partial charge < -0.3 is 15.4 Å². The van der Waals surface area contributed by atoms with Gasteiger partial charge in [0.05, 0.1) is 0 Å². The van der Waals surface area contributed by atoms with Crippen molar-refractivity contribution in [2.24, 2.45) is 5.73 Å². The number of nitrogens with two attached hydrogens (primary N) is 1. The number of esters is 1. The Hall–Kier alpha value is -1.03. The summed E-state index contributed by atoms with van der Waals surface area (Å²) in [5.74, 6) is -0.378. The second kappa shape index (κ2) is 5.60. The summed E-state index contributed by atoms with van der Waals surface area (Å²) in [5.41, 5.74) is 5.74. The molecule has 0 rings (SSSR count). The van der Waals surface area contributed by atoms with E-state index in [4.69, 9.17) is 10.5 Å². The van der Waals surface area contributed by atoms with Crippen LogP contribution in [0.4, 0.5) is 0 Å². The second-order valence-corrected chi connectivity index (χ2v) is 2.86. The average Bonchev–Trinajstić information content (AvgIpc) is 1.84. The normalized spacial score (nSPS) is 11.8. The smallest absolute Gasteiger partial charge is 0.332 e. The molecule has 0 aromatic heterocycles. The maximum absolute atomic E-state index is 10.8. The lowest BCUT2D eigenvalue weighted by atomic mass is 10.4. The first-order valence-electron chi connectivity index (χ1n) is 3.77. The predicted molar refractivity (Wildman–Crippen MR) is 47.5 cm³/mol. The molecule has 70 valence electrons. The minimum absolute atomic E-state index is 0.378. The highest BCUT2D eigenvalue weighted by molar-refractivity contribution is 5.82. The Bertz CT molecular complexity index is 172. The molecule has 2 N–H and O–H groups in total. The molecule has 0 aliphatic rings. The molecule has 0 fully saturated rings. The van der Waals surface area contributed by atoms with E-state index in [1.54, 1.807) is 6.92 Å². The van der Waals surface area contributed by atoms with Gasteiger partial charge in [-0.25, -0.2) is 4.79 Å². The van der Waals surface area contributed by atoms with Crippen LogP contribution in [0, 0.1) is 0 Å². The van der Waals surface area contributed by atoms with Gasteiger partial charge in [0.2, 0.25) is 0 Å². The Morgan fingerprint density at radius 3 is 2.58 bits per heavy atom. The lowest BCUT2D eigenvalue weighted by Crippen LogP contribution is -2.19. The number of allylic oxidation sites excluding steroid dienone is 1. The van der Waals surface area contributed by atoms with Gasteiger partial charge in [0.25, 0.3) is 0 Å². The molecule has 4 nitrogen and oxygen atoms in total. The van der Waals surface area contributed by atoms with Gasteiger partial charge in [-0.3, -0.25) is 0 Å². The van der Waals surface area contributed by atoms with Crippen LogP contribution in [-0.2, 0) is 9.53 Å². The Morgan fingerprint density at radius 2 is 2.17 bits per heavy atom. The van der Waals surface area contributed by atoms with Crippen molar-refractivity contribution >= 4 is 5.97 Å². The van der Waals surface area contributed by atoms with Gasteiger partial charge in [0, 0.05) is 18.3 Å². The molecule has 0 radical (unpaired) electrons. The van der Waals surface area contributed by atoms with Crippen molar-refractivity contribution in [1.29, 1.82) is 0 Å². The molecular weight excluding hydrogens is 156 g/mol. The van der Waals surface area contributed by atoms with E-state index in [2.05, 4.69) is 0 Å². The molecule has 0 heterocycles. The van der Waals surface area contributed by atoms with Crippen LogP contribution in [0.2, 0.25) is 0 Å². The maximum atomic E-state index is 10.8. The monoisotopic (exact) mass is 172 g/mol. The Morgan fingerprint density at radius 1 is 1.58 bits per heavy atom. The summed E-state index contributed by atoms with van der Waals surface area (Å²) >= 11 is 0. The molecule has 0 bridgehead atoms. The number of hydrogen-bond acceptors (Lipinski definition) is 4. The van der Waals surface area contributed by atoms with Crippen molar-refractivity contribution in [3.63, 3.8) is 0 Å². The van der Waals surface area contributed by atoms with Gasteiger partial charge in [0.15, 0.2) is 0 Å². The van der Waals surface area contributed by atoms with Crippen molar-refractivity contribution in [1.82, 2.24) is 4.90 Å². The van der Waals surface area contributed by atoms with Crippen molar-refractivity contribution in [2.45, 2.75) is 6.92 Å². The Balaban J connectivity index is 3.52. The third kappa shape index (κ3) is 7.08. The van der Waals surface area contributed by atoms with E-state index in [1.807, 2.05) is 19.0 Å². The van der Waals surface area contributed by atoms with E-state index in [-0.39, 0.29) is 5.97 Å². The molecule has 0 saturated carbocycles. The van der Waals surface area contributed by atoms with Gasteiger partial charge in [0.1, 0.15) is 6.61 Å². The third-order valence-electron chi connectivity index (χ3n) is 1.13. The first-order valence-corrected chi connectivity index (χ1v) is 3.77. The zero-order valence-corrected chi connectivity index (χ0v) is 7.83. The van der Waals surface area contributed by atoms with E-state index >= 15 is 0 Å². The number of hydrogen-bond donors (Lipinski definition) is 1. The molecule has 4 heteroatoms. The SMILES string of the molecule is CC(N)=CC(=O)OCCN(C)C. The van der Waals surface area contributed by atoms with E-state index < -0.39 is 0 Å². The largest absolute Gasteiger partial charge is 0.461 e. The number of carbonyl (C=O) groups excluding carboxylic acids is 1. The van der Waals surface area contributed by atoms with Gasteiger partial charge in [-0.15, -0.1) is 0 Å². The standard InChI is InChI=1S/C8H16N2O2/c1-7(9)6-8(11)12-5-4-10(2)3/h6H,4-5,9H2,1-3H3. The summed E-state index contributed by atoms with van der Waals surface area (Å²) in [6.45, 7) is 2.77. The van der Waals surface area contributed by atoms with E-state index in [0.717, 1.165) is 6.54 Å². The molecule has 0 atom stereocenters. The van der Waals surface area contributed by atoms with E-state index in [9.17, 15) is 4.79 Å². The molecule has 0 spiro atoms. The summed E-state index contributed by atoms with van der Waals surface area (Å²) < 4.78 is 4.83. The van der Waals surface area contributed by atoms with Crippen molar-refractivity contribution in [3.05, 3.63) is 11.8 Å². The fourth-order valence-electron chi connectivity index (χ4n) is 0.556. The highest BCUT2D eigenvalue weighted by Gasteiger charge is 1.97. The average molecular weight is 172 g/mol. The summed E-state index contributed by atoms with van der Waals surface area (Å²) in [6.07, 6.45) is 1.27. The maximum Gasteiger partial charge on any atom is 0.332 e. The molecule has 0 aromatic rings. The fraction of sp³-hybridized carbons (Fsp3) is 0.625. The van der Waals surface area contributed by atoms with Crippen LogP contribution in [0.5, 0.6) is 0 Å². The van der Waals surface area contributed by atoms with Crippen LogP contribution in [0.3, 0.4) is 0 Å². The molecule has 0 aliphatic carbocycles. The minimum Gasteiger partial charge on any atom is -0.461 e. The topological polar surface area (TPSA) is 55.6 Å². The predicted octanol–water partition coefficient (Wildman–Crippen LogP) is -0.0463. The number of nitrogens with zero attached hydrogens (tertiary/aromatic N) is 1. The molecule has 0 aromatic carbocycles. The summed E-state index contributed by atoms with van der Waals surface area (Å²) in [4.78, 5) is 12.8. The van der Waals surface area contributed by atoms with Gasteiger partial charge >= 0.3 is 5.97 Å². The number of ether oxygens (including phenoxy) is 1. The second-order valence-electron chi connectivity index (χ2n) is 2.86. The van der Waals surface area contributed by atoms with E-state index in [1.165, 1.54) is 6.08 Å². The first kappa shape index (κ1) is 11.0. The highest BCUT2D eigenvalue weighted by atomic mass is 16.5. The number of carbonyl (C=O) groups is 1. The lowest BCUT2D eigenvalue weighted by molar-refractivity contribution is -0.138. The number of likely N-dealkylation sites (N-methyl/N-ethyl adjacent to an activating group) is 1. The number of rotatable bonds is 4. The van der Waals surface area contributed by atoms with Crippen LogP contribution in [0.25, 0.3) is 0 Å². The molecule has 0 amide bonds. The van der Waals surface area contributed by atoms with Gasteiger partial charge in [-0.2, -0.15) is 0 Å². The molecule has 0 aliphatic heterocycles. The van der Waals surface area contributed by atoms with Crippen LogP contribution < -0.4 is 5.73 Å². The Labute approximate surface area is 73.0 Å². The molecule has 0 unspecified atom stereocenters. The summed E-state index contributed by atoms with van der Waals surface area (Å²) in [6, 6.07) is 0. The van der Waals surface area contributed by atoms with Crippen LogP contribution in [0.15, 0.2) is 11.8 Å². The lowest BCUT2D eigenvalue weighted by Gasteiger charge is -2.08. The first-order chi connectivity index (χ1) is 5.52. The summed E-state index contributed by atoms with van der Waals surface area (Å²) in [7, 11) is 3.83. The van der Waals surface area contributed by atoms with E-state index in [0.29, 0.717) is 12.3 Å². The highest BCUT2D eigenvalue weighted by Crippen LogP contribution is 1.85. The van der Waals surface area contributed by atoms with Crippen molar-refractivity contribution in [2.75, 3.05) is 27.2 Å². The molecular formula is C8H16N2O2. The Kier molecular flexibility index (Phi) is 5.12. The molecule has 0 saturated heterocycles. The van der Waals surface area contributed by atoms with Crippen molar-refractivity contribution < 1.29 is 9.53 Å². The van der Waals surface area contributed by atoms with Gasteiger partial charge in [-0.05, 0) is 21.0 Å². The van der Waals surface area contributed by atoms with Crippen molar-refractivity contribution in [3.8, 4) is 0 Å². The van der Waals surface area contributed by atoms with Crippen LogP contribution in [0.1, 0.15) is 6.92 Å².